The van der Waals surface area contributed by atoms with E-state index < -0.39 is 5.97 Å². The Hall–Kier alpha value is -1.86. The topological polar surface area (TPSA) is 73.1 Å². The highest BCUT2D eigenvalue weighted by Gasteiger charge is 2.51. The van der Waals surface area contributed by atoms with Crippen molar-refractivity contribution in [2.75, 3.05) is 0 Å². The maximum absolute atomic E-state index is 11.5. The predicted octanol–water partition coefficient (Wildman–Crippen LogP) is 2.71. The number of carboxylic acid groups (broad SMARTS) is 1. The summed E-state index contributed by atoms with van der Waals surface area (Å²) in [6, 6.07) is 9.79. The number of rotatable bonds is 4. The normalized spacial score (nSPS) is 31.8. The van der Waals surface area contributed by atoms with Crippen molar-refractivity contribution in [3.63, 3.8) is 0 Å². The number of nitriles is 1. The van der Waals surface area contributed by atoms with Crippen molar-refractivity contribution >= 4 is 5.97 Å². The molecule has 0 aromatic heterocycles. The van der Waals surface area contributed by atoms with E-state index in [1.165, 1.54) is 0 Å². The molecule has 1 aromatic rings. The van der Waals surface area contributed by atoms with Crippen molar-refractivity contribution in [1.29, 1.82) is 5.26 Å². The number of hydrogen-bond acceptors (Lipinski definition) is 3. The van der Waals surface area contributed by atoms with E-state index >= 15 is 0 Å². The Kier molecular flexibility index (Phi) is 3.69. The lowest BCUT2D eigenvalue weighted by atomic mass is 9.84. The van der Waals surface area contributed by atoms with E-state index in [9.17, 15) is 9.90 Å². The van der Waals surface area contributed by atoms with Gasteiger partial charge in [0.15, 0.2) is 0 Å². The van der Waals surface area contributed by atoms with Gasteiger partial charge in [0.05, 0.1) is 17.6 Å². The molecule has 110 valence electrons. The fourth-order valence-corrected chi connectivity index (χ4v) is 4.12. The first kappa shape index (κ1) is 14.1. The third kappa shape index (κ3) is 2.54. The van der Waals surface area contributed by atoms with Crippen molar-refractivity contribution < 1.29 is 9.90 Å². The average Bonchev–Trinajstić information content (AvgIpc) is 3.08. The fourth-order valence-electron chi connectivity index (χ4n) is 4.12. The summed E-state index contributed by atoms with van der Waals surface area (Å²) in [7, 11) is 0. The van der Waals surface area contributed by atoms with Gasteiger partial charge in [-0.2, -0.15) is 5.26 Å². The quantitative estimate of drug-likeness (QED) is 0.891. The van der Waals surface area contributed by atoms with E-state index in [-0.39, 0.29) is 18.0 Å². The molecule has 21 heavy (non-hydrogen) atoms. The van der Waals surface area contributed by atoms with Gasteiger partial charge in [-0.15, -0.1) is 0 Å². The molecular weight excluding hydrogens is 264 g/mol. The van der Waals surface area contributed by atoms with Crippen LogP contribution in [0.2, 0.25) is 0 Å². The van der Waals surface area contributed by atoms with Crippen molar-refractivity contribution in [3.05, 3.63) is 35.4 Å². The highest BCUT2D eigenvalue weighted by Crippen LogP contribution is 2.49. The summed E-state index contributed by atoms with van der Waals surface area (Å²) in [6.45, 7) is 2.06. The first-order valence-electron chi connectivity index (χ1n) is 7.59. The van der Waals surface area contributed by atoms with E-state index in [0.717, 1.165) is 24.8 Å². The van der Waals surface area contributed by atoms with Gasteiger partial charge >= 0.3 is 5.97 Å². The van der Waals surface area contributed by atoms with Crippen LogP contribution in [0.5, 0.6) is 0 Å². The van der Waals surface area contributed by atoms with Crippen LogP contribution >= 0.6 is 0 Å². The minimum absolute atomic E-state index is 0.0758. The number of nitrogens with zero attached hydrogens (tertiary/aromatic N) is 1. The van der Waals surface area contributed by atoms with E-state index in [2.05, 4.69) is 18.3 Å². The largest absolute Gasteiger partial charge is 0.481 e. The van der Waals surface area contributed by atoms with E-state index in [4.69, 9.17) is 5.26 Å². The second kappa shape index (κ2) is 5.50. The molecule has 2 bridgehead atoms. The van der Waals surface area contributed by atoms with Crippen LogP contribution in [0.3, 0.4) is 0 Å². The molecule has 4 nitrogen and oxygen atoms in total. The smallest absolute Gasteiger partial charge is 0.308 e. The average molecular weight is 284 g/mol. The lowest BCUT2D eigenvalue weighted by molar-refractivity contribution is -0.144. The number of hydrogen-bond donors (Lipinski definition) is 2. The molecule has 0 heterocycles. The number of nitrogens with one attached hydrogen (secondary N) is 1. The molecule has 2 aliphatic carbocycles. The van der Waals surface area contributed by atoms with Crippen molar-refractivity contribution in [2.45, 2.75) is 38.3 Å². The summed E-state index contributed by atoms with van der Waals surface area (Å²) in [4.78, 5) is 11.5. The molecule has 4 heteroatoms. The SMILES string of the molecule is CC(NC1C2CCC(C2)C1C(=O)O)c1ccc(C#N)cc1. The van der Waals surface area contributed by atoms with E-state index in [0.29, 0.717) is 17.4 Å². The maximum atomic E-state index is 11.5. The van der Waals surface area contributed by atoms with Gasteiger partial charge in [-0.25, -0.2) is 0 Å². The monoisotopic (exact) mass is 284 g/mol. The highest BCUT2D eigenvalue weighted by atomic mass is 16.4. The molecule has 0 saturated heterocycles. The number of benzene rings is 1. The minimum Gasteiger partial charge on any atom is -0.481 e. The highest BCUT2D eigenvalue weighted by molar-refractivity contribution is 5.72. The summed E-state index contributed by atoms with van der Waals surface area (Å²) >= 11 is 0. The van der Waals surface area contributed by atoms with E-state index in [1.807, 2.05) is 24.3 Å². The first-order valence-corrected chi connectivity index (χ1v) is 7.59. The molecule has 2 aliphatic rings. The van der Waals surface area contributed by atoms with Gasteiger partial charge in [0.2, 0.25) is 0 Å². The zero-order chi connectivity index (χ0) is 15.0. The lowest BCUT2D eigenvalue weighted by Gasteiger charge is -2.31. The number of fused-ring (bicyclic) bond motifs is 2. The van der Waals surface area contributed by atoms with Gasteiger partial charge < -0.3 is 10.4 Å². The standard InChI is InChI=1S/C17H20N2O2/c1-10(12-4-2-11(9-18)3-5-12)19-16-14-7-6-13(8-14)15(16)17(20)21/h2-5,10,13-16,19H,6-8H2,1H3,(H,20,21). The summed E-state index contributed by atoms with van der Waals surface area (Å²) in [6.07, 6.45) is 3.26. The second-order valence-corrected chi connectivity index (χ2v) is 6.35. The van der Waals surface area contributed by atoms with Gasteiger partial charge in [0.1, 0.15) is 0 Å². The molecule has 0 radical (unpaired) electrons. The lowest BCUT2D eigenvalue weighted by Crippen LogP contribution is -2.45. The van der Waals surface area contributed by atoms with Crippen molar-refractivity contribution in [3.8, 4) is 6.07 Å². The molecule has 2 N–H and O–H groups in total. The van der Waals surface area contributed by atoms with Crippen LogP contribution in [-0.4, -0.2) is 17.1 Å². The van der Waals surface area contributed by atoms with Crippen LogP contribution in [-0.2, 0) is 4.79 Å². The Bertz CT molecular complexity index is 575. The van der Waals surface area contributed by atoms with Crippen LogP contribution in [0.25, 0.3) is 0 Å². The predicted molar refractivity (Wildman–Crippen MR) is 78.5 cm³/mol. The number of carbonyl (C=O) groups is 1. The molecular formula is C17H20N2O2. The molecule has 0 spiro atoms. The Morgan fingerprint density at radius 2 is 2.00 bits per heavy atom. The van der Waals surface area contributed by atoms with Crippen LogP contribution < -0.4 is 5.32 Å². The first-order chi connectivity index (χ1) is 10.1. The molecule has 0 aliphatic heterocycles. The second-order valence-electron chi connectivity index (χ2n) is 6.35. The third-order valence-electron chi connectivity index (χ3n) is 5.18. The van der Waals surface area contributed by atoms with Gasteiger partial charge in [-0.3, -0.25) is 4.79 Å². The van der Waals surface area contributed by atoms with Gasteiger partial charge in [-0.1, -0.05) is 12.1 Å². The van der Waals surface area contributed by atoms with Crippen LogP contribution in [0.1, 0.15) is 43.4 Å². The van der Waals surface area contributed by atoms with Gasteiger partial charge in [-0.05, 0) is 55.7 Å². The Morgan fingerprint density at radius 3 is 2.62 bits per heavy atom. The van der Waals surface area contributed by atoms with Gasteiger partial charge in [0.25, 0.3) is 0 Å². The van der Waals surface area contributed by atoms with Crippen LogP contribution in [0.15, 0.2) is 24.3 Å². The summed E-state index contributed by atoms with van der Waals surface area (Å²) in [5.41, 5.74) is 1.75. The van der Waals surface area contributed by atoms with Crippen molar-refractivity contribution in [1.82, 2.24) is 5.32 Å². The summed E-state index contributed by atoms with van der Waals surface area (Å²) in [5.74, 6) is -0.0635. The maximum Gasteiger partial charge on any atom is 0.308 e. The third-order valence-corrected chi connectivity index (χ3v) is 5.18. The Balaban J connectivity index is 1.73. The minimum atomic E-state index is -0.660. The van der Waals surface area contributed by atoms with Gasteiger partial charge in [0, 0.05) is 12.1 Å². The molecule has 1 aromatic carbocycles. The fraction of sp³-hybridized carbons (Fsp3) is 0.529. The summed E-state index contributed by atoms with van der Waals surface area (Å²) < 4.78 is 0. The van der Waals surface area contributed by atoms with Crippen molar-refractivity contribution in [2.24, 2.45) is 17.8 Å². The molecule has 3 rings (SSSR count). The van der Waals surface area contributed by atoms with Crippen LogP contribution in [0.4, 0.5) is 0 Å². The number of carboxylic acids is 1. The summed E-state index contributed by atoms with van der Waals surface area (Å²) in [5, 5.41) is 21.8. The van der Waals surface area contributed by atoms with E-state index in [1.54, 1.807) is 0 Å². The zero-order valence-corrected chi connectivity index (χ0v) is 12.1. The molecule has 2 saturated carbocycles. The zero-order valence-electron chi connectivity index (χ0n) is 12.1. The molecule has 2 fully saturated rings. The Morgan fingerprint density at radius 1 is 1.33 bits per heavy atom. The molecule has 0 amide bonds. The molecule has 5 atom stereocenters. The number of aliphatic carboxylic acids is 1. The molecule has 5 unspecified atom stereocenters. The van der Waals surface area contributed by atoms with Crippen LogP contribution in [0, 0.1) is 29.1 Å². The Labute approximate surface area is 124 Å².